The maximum Gasteiger partial charge on any atom is -0.0860 e. The Morgan fingerprint density at radius 3 is 1.76 bits per heavy atom. The number of hydrogen-bond acceptors (Lipinski definition) is 1. The second kappa shape index (κ2) is 13.0. The SMILES string of the molecule is CC(C)([CH]=[Mo+2]=[N]c1ccccc1Cl)c1ccccc1.c1cc[n-]c1.c1cc[n-]c1. The van der Waals surface area contributed by atoms with E-state index in [-0.39, 0.29) is 5.41 Å². The number of nitrogens with zero attached hydrogens (tertiary/aromatic N) is 3. The summed E-state index contributed by atoms with van der Waals surface area (Å²) in [6.07, 6.45) is 7.00. The topological polar surface area (TPSA) is 40.6 Å². The van der Waals surface area contributed by atoms with Gasteiger partial charge in [-0.2, -0.15) is 24.8 Å². The van der Waals surface area contributed by atoms with E-state index >= 15 is 0 Å². The van der Waals surface area contributed by atoms with Crippen LogP contribution in [0.2, 0.25) is 5.02 Å². The van der Waals surface area contributed by atoms with Gasteiger partial charge in [-0.15, -0.1) is 0 Å². The van der Waals surface area contributed by atoms with E-state index in [4.69, 9.17) is 11.6 Å². The third kappa shape index (κ3) is 9.12. The summed E-state index contributed by atoms with van der Waals surface area (Å²) in [5, 5.41) is 0.735. The summed E-state index contributed by atoms with van der Waals surface area (Å²) in [4.78, 5) is 7.44. The van der Waals surface area contributed by atoms with Crippen molar-refractivity contribution in [3.8, 4) is 0 Å². The van der Waals surface area contributed by atoms with Gasteiger partial charge in [0, 0.05) is 0 Å². The molecular formula is C24H24ClMoN3. The van der Waals surface area contributed by atoms with Crippen molar-refractivity contribution in [1.29, 1.82) is 0 Å². The molecule has 0 spiro atoms. The van der Waals surface area contributed by atoms with Gasteiger partial charge in [0.15, 0.2) is 0 Å². The summed E-state index contributed by atoms with van der Waals surface area (Å²) < 4.78 is 7.00. The Hall–Kier alpha value is -2.35. The molecule has 2 aromatic heterocycles. The van der Waals surface area contributed by atoms with Gasteiger partial charge >= 0.3 is 128 Å². The Kier molecular flexibility index (Phi) is 10.3. The zero-order chi connectivity index (χ0) is 20.8. The van der Waals surface area contributed by atoms with E-state index in [9.17, 15) is 0 Å². The molecule has 4 rings (SSSR count). The molecule has 0 radical (unpaired) electrons. The van der Waals surface area contributed by atoms with Crippen molar-refractivity contribution in [2.24, 2.45) is 3.50 Å². The third-order valence-corrected chi connectivity index (χ3v) is 6.55. The molecule has 0 aliphatic heterocycles. The van der Waals surface area contributed by atoms with Crippen molar-refractivity contribution in [3.05, 3.63) is 114 Å². The third-order valence-electron chi connectivity index (χ3n) is 3.78. The van der Waals surface area contributed by atoms with Gasteiger partial charge in [0.2, 0.25) is 0 Å². The fraction of sp³-hybridized carbons (Fsp3) is 0.125. The van der Waals surface area contributed by atoms with Crippen LogP contribution >= 0.6 is 11.6 Å². The first-order valence-electron chi connectivity index (χ1n) is 9.14. The van der Waals surface area contributed by atoms with E-state index < -0.39 is 17.9 Å². The minimum atomic E-state index is -0.558. The molecule has 148 valence electrons. The van der Waals surface area contributed by atoms with Gasteiger partial charge in [0.05, 0.1) is 0 Å². The molecule has 0 atom stereocenters. The van der Waals surface area contributed by atoms with Gasteiger partial charge in [0.25, 0.3) is 0 Å². The van der Waals surface area contributed by atoms with Crippen LogP contribution in [0.5, 0.6) is 0 Å². The Balaban J connectivity index is 0.000000242. The summed E-state index contributed by atoms with van der Waals surface area (Å²) in [7, 11) is 0. The average molecular weight is 486 g/mol. The Bertz CT molecular complexity index is 911. The number of halogens is 1. The van der Waals surface area contributed by atoms with E-state index in [1.807, 2.05) is 54.6 Å². The zero-order valence-electron chi connectivity index (χ0n) is 16.5. The number of aromatic nitrogens is 2. The molecule has 5 heteroatoms. The standard InChI is InChI=1S/C10H12.C6H4ClN.2C4H4N.Mo/c1-10(2,3)9-7-5-4-6-8-9;7-5-3-1-2-4-6(5)8;2*1-2-4-5-3-1;/h1,4-8H,2-3H3;1-4H;2*1-4H;/q;;2*-1;+2. The van der Waals surface area contributed by atoms with Gasteiger partial charge in [-0.3, -0.25) is 0 Å². The Morgan fingerprint density at radius 1 is 0.759 bits per heavy atom. The maximum atomic E-state index is 6.10. The number of hydrogen-bond donors (Lipinski definition) is 0. The van der Waals surface area contributed by atoms with Gasteiger partial charge in [-0.1, -0.05) is 24.3 Å². The van der Waals surface area contributed by atoms with Gasteiger partial charge < -0.3 is 9.97 Å². The number of rotatable bonds is 3. The minimum absolute atomic E-state index is 0.0637. The van der Waals surface area contributed by atoms with Crippen LogP contribution in [-0.4, -0.2) is 4.40 Å². The van der Waals surface area contributed by atoms with E-state index in [1.165, 1.54) is 5.56 Å². The molecule has 29 heavy (non-hydrogen) atoms. The van der Waals surface area contributed by atoms with Crippen LogP contribution in [0.4, 0.5) is 5.69 Å². The van der Waals surface area contributed by atoms with Crippen LogP contribution in [-0.2, 0) is 23.3 Å². The smallest absolute Gasteiger partial charge is 0.0860 e. The van der Waals surface area contributed by atoms with Crippen LogP contribution in [0.1, 0.15) is 19.4 Å². The molecule has 0 aliphatic carbocycles. The summed E-state index contributed by atoms with van der Waals surface area (Å²) >= 11 is 5.55. The molecule has 3 nitrogen and oxygen atoms in total. The first kappa shape index (κ1) is 22.9. The molecule has 0 fully saturated rings. The van der Waals surface area contributed by atoms with E-state index in [1.54, 1.807) is 24.8 Å². The molecular weight excluding hydrogens is 462 g/mol. The van der Waals surface area contributed by atoms with Crippen LogP contribution < -0.4 is 9.97 Å². The molecule has 0 N–H and O–H groups in total. The second-order valence-corrected chi connectivity index (χ2v) is 8.47. The largest absolute Gasteiger partial charge is 0.670 e. The molecule has 2 heterocycles. The second-order valence-electron chi connectivity index (χ2n) is 6.52. The minimum Gasteiger partial charge on any atom is -0.670 e. The summed E-state index contributed by atoms with van der Waals surface area (Å²) in [6, 6.07) is 25.8. The van der Waals surface area contributed by atoms with Crippen molar-refractivity contribution in [1.82, 2.24) is 9.97 Å². The predicted molar refractivity (Wildman–Crippen MR) is 119 cm³/mol. The Labute approximate surface area is 186 Å². The molecule has 0 saturated heterocycles. The van der Waals surface area contributed by atoms with E-state index in [0.717, 1.165) is 10.7 Å². The monoisotopic (exact) mass is 487 g/mol. The summed E-state index contributed by atoms with van der Waals surface area (Å²) in [6.45, 7) is 4.46. The fourth-order valence-electron chi connectivity index (χ4n) is 2.17. The summed E-state index contributed by atoms with van der Waals surface area (Å²) in [5.41, 5.74) is 2.30. The van der Waals surface area contributed by atoms with Crippen LogP contribution in [0.3, 0.4) is 0 Å². The normalized spacial score (nSPS) is 9.76. The van der Waals surface area contributed by atoms with Gasteiger partial charge in [-0.05, 0) is 0 Å². The predicted octanol–water partition coefficient (Wildman–Crippen LogP) is 6.31. The molecule has 0 bridgehead atoms. The van der Waals surface area contributed by atoms with Gasteiger partial charge in [-0.25, -0.2) is 0 Å². The van der Waals surface area contributed by atoms with Crippen molar-refractivity contribution < 1.29 is 17.9 Å². The van der Waals surface area contributed by atoms with E-state index in [2.05, 4.69) is 56.0 Å². The first-order valence-corrected chi connectivity index (χ1v) is 11.6. The maximum absolute atomic E-state index is 6.10. The summed E-state index contributed by atoms with van der Waals surface area (Å²) in [5.74, 6) is 0. The molecule has 2 aromatic carbocycles. The first-order chi connectivity index (χ1) is 14.1. The molecule has 0 aliphatic rings. The number of benzene rings is 2. The molecule has 0 saturated carbocycles. The average Bonchev–Trinajstić information content (AvgIpc) is 3.49. The zero-order valence-corrected chi connectivity index (χ0v) is 19.3. The van der Waals surface area contributed by atoms with Gasteiger partial charge in [0.1, 0.15) is 0 Å². The Morgan fingerprint density at radius 2 is 1.28 bits per heavy atom. The van der Waals surface area contributed by atoms with Crippen molar-refractivity contribution in [2.75, 3.05) is 0 Å². The van der Waals surface area contributed by atoms with Crippen molar-refractivity contribution in [2.45, 2.75) is 19.3 Å². The fourth-order valence-corrected chi connectivity index (χ4v) is 4.27. The molecule has 4 aromatic rings. The van der Waals surface area contributed by atoms with Crippen molar-refractivity contribution in [3.63, 3.8) is 0 Å². The van der Waals surface area contributed by atoms with Crippen molar-refractivity contribution >= 4 is 21.7 Å². The van der Waals surface area contributed by atoms with Crippen LogP contribution in [0, 0.1) is 0 Å². The van der Waals surface area contributed by atoms with Crippen LogP contribution in [0.15, 0.2) is 107 Å². The molecule has 0 unspecified atom stereocenters. The van der Waals surface area contributed by atoms with Crippen LogP contribution in [0.25, 0.3) is 0 Å². The molecule has 0 amide bonds. The quantitative estimate of drug-likeness (QED) is 0.319. The van der Waals surface area contributed by atoms with E-state index in [0.29, 0.717) is 0 Å².